The number of ether oxygens (including phenoxy) is 1. The van der Waals surface area contributed by atoms with E-state index in [1.807, 2.05) is 6.07 Å². The van der Waals surface area contributed by atoms with Crippen LogP contribution in [0.5, 0.6) is 0 Å². The molecule has 1 aromatic carbocycles. The Hall–Kier alpha value is -1.53. The van der Waals surface area contributed by atoms with Crippen LogP contribution in [-0.4, -0.2) is 45.3 Å². The van der Waals surface area contributed by atoms with E-state index in [4.69, 9.17) is 4.74 Å². The van der Waals surface area contributed by atoms with Crippen LogP contribution >= 0.6 is 11.8 Å². The number of amides is 1. The smallest absolute Gasteiger partial charge is 0.332 e. The number of carbonyl (C=O) groups is 2. The molecule has 0 aliphatic carbocycles. The first-order valence-electron chi connectivity index (χ1n) is 6.21. The number of carbonyl (C=O) groups excluding carboxylic acids is 2. The van der Waals surface area contributed by atoms with Gasteiger partial charge in [-0.15, -0.1) is 11.8 Å². The molecule has 108 valence electrons. The molecule has 0 radical (unpaired) electrons. The molecule has 1 aliphatic heterocycles. The minimum atomic E-state index is -0.995. The van der Waals surface area contributed by atoms with E-state index in [0.29, 0.717) is 5.56 Å². The predicted molar refractivity (Wildman–Crippen MR) is 76.1 cm³/mol. The number of thioether (sulfide) groups is 1. The summed E-state index contributed by atoms with van der Waals surface area (Å²) in [7, 11) is 1.25. The summed E-state index contributed by atoms with van der Waals surface area (Å²) < 4.78 is 4.71. The summed E-state index contributed by atoms with van der Waals surface area (Å²) in [4.78, 5) is 25.2. The third kappa shape index (κ3) is 2.53. The van der Waals surface area contributed by atoms with E-state index in [2.05, 4.69) is 0 Å². The van der Waals surface area contributed by atoms with Gasteiger partial charge in [-0.3, -0.25) is 4.79 Å². The Bertz CT molecular complexity index is 517. The summed E-state index contributed by atoms with van der Waals surface area (Å²) >= 11 is 1.17. The fraction of sp³-hybridized carbons (Fsp3) is 0.429. The first kappa shape index (κ1) is 14.9. The Kier molecular flexibility index (Phi) is 4.06. The maximum Gasteiger partial charge on any atom is 0.332 e. The van der Waals surface area contributed by atoms with Gasteiger partial charge in [-0.25, -0.2) is 4.79 Å². The van der Waals surface area contributed by atoms with Crippen LogP contribution in [0.3, 0.4) is 0 Å². The molecule has 2 atom stereocenters. The maximum atomic E-state index is 12.6. The van der Waals surface area contributed by atoms with Crippen molar-refractivity contribution in [2.75, 3.05) is 7.11 Å². The van der Waals surface area contributed by atoms with E-state index in [9.17, 15) is 14.7 Å². The summed E-state index contributed by atoms with van der Waals surface area (Å²) in [5, 5.41) is 10.1. The zero-order valence-electron chi connectivity index (χ0n) is 11.6. The van der Waals surface area contributed by atoms with Gasteiger partial charge < -0.3 is 14.7 Å². The van der Waals surface area contributed by atoms with E-state index in [-0.39, 0.29) is 5.91 Å². The van der Waals surface area contributed by atoms with Crippen LogP contribution in [0.25, 0.3) is 0 Å². The average molecular weight is 295 g/mol. The molecule has 0 bridgehead atoms. The molecular formula is C14H17NO4S. The van der Waals surface area contributed by atoms with Crippen LogP contribution in [0.15, 0.2) is 30.3 Å². The first-order valence-corrected chi connectivity index (χ1v) is 7.09. The summed E-state index contributed by atoms with van der Waals surface area (Å²) in [5.74, 6) is -0.907. The van der Waals surface area contributed by atoms with Gasteiger partial charge in [0.1, 0.15) is 5.44 Å². The van der Waals surface area contributed by atoms with E-state index in [1.165, 1.54) is 23.8 Å². The van der Waals surface area contributed by atoms with Gasteiger partial charge in [0.2, 0.25) is 0 Å². The monoisotopic (exact) mass is 295 g/mol. The van der Waals surface area contributed by atoms with E-state index in [1.54, 1.807) is 38.1 Å². The SMILES string of the molecule is COC(=O)C1C(O)SC(C)(C)N1C(=O)c1ccccc1. The van der Waals surface area contributed by atoms with Crippen molar-refractivity contribution in [2.45, 2.75) is 30.2 Å². The molecule has 20 heavy (non-hydrogen) atoms. The Labute approximate surface area is 121 Å². The van der Waals surface area contributed by atoms with Crippen molar-refractivity contribution < 1.29 is 19.4 Å². The number of benzene rings is 1. The normalized spacial score (nSPS) is 24.5. The van der Waals surface area contributed by atoms with Crippen LogP contribution in [0, 0.1) is 0 Å². The van der Waals surface area contributed by atoms with Crippen LogP contribution < -0.4 is 0 Å². The lowest BCUT2D eigenvalue weighted by Gasteiger charge is -2.33. The molecule has 6 heteroatoms. The Morgan fingerprint density at radius 2 is 1.90 bits per heavy atom. The highest BCUT2D eigenvalue weighted by Gasteiger charge is 2.52. The number of aliphatic hydroxyl groups is 1. The van der Waals surface area contributed by atoms with E-state index >= 15 is 0 Å². The average Bonchev–Trinajstić information content (AvgIpc) is 2.67. The van der Waals surface area contributed by atoms with Crippen molar-refractivity contribution in [1.29, 1.82) is 0 Å². The third-order valence-corrected chi connectivity index (χ3v) is 4.49. The van der Waals surface area contributed by atoms with E-state index < -0.39 is 22.3 Å². The molecule has 1 aromatic rings. The van der Waals surface area contributed by atoms with E-state index in [0.717, 1.165) is 0 Å². The number of hydrogen-bond acceptors (Lipinski definition) is 5. The number of hydrogen-bond donors (Lipinski definition) is 1. The Morgan fingerprint density at radius 1 is 1.30 bits per heavy atom. The second-order valence-corrected chi connectivity index (χ2v) is 6.68. The molecule has 1 amide bonds. The molecule has 0 aromatic heterocycles. The fourth-order valence-electron chi connectivity index (χ4n) is 2.31. The molecule has 2 rings (SSSR count). The lowest BCUT2D eigenvalue weighted by Crippen LogP contribution is -2.51. The zero-order valence-corrected chi connectivity index (χ0v) is 12.4. The molecule has 1 aliphatic rings. The number of nitrogens with zero attached hydrogens (tertiary/aromatic N) is 1. The first-order chi connectivity index (χ1) is 9.38. The second kappa shape index (κ2) is 5.46. The molecular weight excluding hydrogens is 278 g/mol. The van der Waals surface area contributed by atoms with Gasteiger partial charge >= 0.3 is 5.97 Å². The highest BCUT2D eigenvalue weighted by molar-refractivity contribution is 8.01. The molecule has 1 N–H and O–H groups in total. The predicted octanol–water partition coefficient (Wildman–Crippen LogP) is 1.47. The number of esters is 1. The molecule has 2 unspecified atom stereocenters. The lowest BCUT2D eigenvalue weighted by atomic mass is 10.1. The van der Waals surface area contributed by atoms with Gasteiger partial charge in [-0.05, 0) is 26.0 Å². The summed E-state index contributed by atoms with van der Waals surface area (Å²) in [6.45, 7) is 3.59. The summed E-state index contributed by atoms with van der Waals surface area (Å²) in [6.07, 6.45) is 0. The summed E-state index contributed by atoms with van der Waals surface area (Å²) in [6, 6.07) is 7.70. The molecule has 1 fully saturated rings. The molecule has 1 saturated heterocycles. The minimum Gasteiger partial charge on any atom is -0.467 e. The fourth-order valence-corrected chi connectivity index (χ4v) is 3.58. The van der Waals surface area contributed by atoms with Crippen LogP contribution in [0.1, 0.15) is 24.2 Å². The Balaban J connectivity index is 2.39. The van der Waals surface area contributed by atoms with Crippen LogP contribution in [-0.2, 0) is 9.53 Å². The van der Waals surface area contributed by atoms with Gasteiger partial charge in [-0.1, -0.05) is 18.2 Å². The number of aliphatic hydroxyl groups excluding tert-OH is 1. The molecule has 0 spiro atoms. The van der Waals surface area contributed by atoms with Gasteiger partial charge in [0, 0.05) is 5.56 Å². The van der Waals surface area contributed by atoms with Gasteiger partial charge in [0.25, 0.3) is 5.91 Å². The lowest BCUT2D eigenvalue weighted by molar-refractivity contribution is -0.148. The van der Waals surface area contributed by atoms with Crippen molar-refractivity contribution in [3.63, 3.8) is 0 Å². The van der Waals surface area contributed by atoms with Gasteiger partial charge in [-0.2, -0.15) is 0 Å². The van der Waals surface area contributed by atoms with Crippen molar-refractivity contribution >= 4 is 23.6 Å². The molecule has 5 nitrogen and oxygen atoms in total. The van der Waals surface area contributed by atoms with Crippen molar-refractivity contribution in [3.8, 4) is 0 Å². The zero-order chi connectivity index (χ0) is 14.9. The van der Waals surface area contributed by atoms with Crippen molar-refractivity contribution in [2.24, 2.45) is 0 Å². The minimum absolute atomic E-state index is 0.296. The summed E-state index contributed by atoms with van der Waals surface area (Å²) in [5.41, 5.74) is -0.519. The van der Waals surface area contributed by atoms with Gasteiger partial charge in [0.05, 0.1) is 12.0 Å². The largest absolute Gasteiger partial charge is 0.467 e. The van der Waals surface area contributed by atoms with Crippen molar-refractivity contribution in [1.82, 2.24) is 4.90 Å². The van der Waals surface area contributed by atoms with Crippen LogP contribution in [0.2, 0.25) is 0 Å². The number of methoxy groups -OCH3 is 1. The molecule has 1 heterocycles. The maximum absolute atomic E-state index is 12.6. The topological polar surface area (TPSA) is 66.8 Å². The van der Waals surface area contributed by atoms with Gasteiger partial charge in [0.15, 0.2) is 6.04 Å². The highest BCUT2D eigenvalue weighted by atomic mass is 32.2. The third-order valence-electron chi connectivity index (χ3n) is 3.22. The highest BCUT2D eigenvalue weighted by Crippen LogP contribution is 2.44. The Morgan fingerprint density at radius 3 is 2.45 bits per heavy atom. The second-order valence-electron chi connectivity index (χ2n) is 4.96. The standard InChI is InChI=1S/C14H17NO4S/c1-14(2)15(10(12(17)19-3)13(18)20-14)11(16)9-7-5-4-6-8-9/h4-8,10,13,18H,1-3H3. The van der Waals surface area contributed by atoms with Crippen molar-refractivity contribution in [3.05, 3.63) is 35.9 Å². The quantitative estimate of drug-likeness (QED) is 0.837. The number of rotatable bonds is 2. The molecule has 0 saturated carbocycles. The van der Waals surface area contributed by atoms with Crippen LogP contribution in [0.4, 0.5) is 0 Å².